The molecule has 2 N–H and O–H groups in total. The van der Waals surface area contributed by atoms with Crippen molar-refractivity contribution in [3.63, 3.8) is 0 Å². The number of pyridine rings is 1. The van der Waals surface area contributed by atoms with Crippen LogP contribution in [0.2, 0.25) is 5.02 Å². The molecular weight excluding hydrogens is 276 g/mol. The van der Waals surface area contributed by atoms with Crippen LogP contribution in [0.3, 0.4) is 0 Å². The molecule has 0 fully saturated rings. The molecule has 0 aliphatic carbocycles. The van der Waals surface area contributed by atoms with Gasteiger partial charge < -0.3 is 10.3 Å². The van der Waals surface area contributed by atoms with Crippen LogP contribution in [-0.2, 0) is 6.42 Å². The summed E-state index contributed by atoms with van der Waals surface area (Å²) in [6.45, 7) is 0. The molecule has 2 aromatic heterocycles. The van der Waals surface area contributed by atoms with Gasteiger partial charge in [0.25, 0.3) is 5.89 Å². The average Bonchev–Trinajstić information content (AvgIpc) is 2.90. The third kappa shape index (κ3) is 2.78. The second-order valence-corrected chi connectivity index (χ2v) is 4.76. The Kier molecular flexibility index (Phi) is 3.35. The highest BCUT2D eigenvalue weighted by atomic mass is 35.5. The zero-order valence-corrected chi connectivity index (χ0v) is 11.2. The molecule has 0 atom stereocenters. The molecule has 0 saturated carbocycles. The van der Waals surface area contributed by atoms with Gasteiger partial charge in [-0.1, -0.05) is 28.9 Å². The maximum atomic E-state index is 5.85. The Morgan fingerprint density at radius 3 is 2.70 bits per heavy atom. The highest BCUT2D eigenvalue weighted by Crippen LogP contribution is 2.19. The van der Waals surface area contributed by atoms with Crippen LogP contribution in [0.15, 0.2) is 47.2 Å². The minimum atomic E-state index is 0.411. The summed E-state index contributed by atoms with van der Waals surface area (Å²) >= 11 is 5.85. The van der Waals surface area contributed by atoms with Gasteiger partial charge in [-0.05, 0) is 23.8 Å². The highest BCUT2D eigenvalue weighted by Gasteiger charge is 2.10. The fourth-order valence-electron chi connectivity index (χ4n) is 1.80. The van der Waals surface area contributed by atoms with Crippen LogP contribution in [0.5, 0.6) is 0 Å². The predicted octanol–water partition coefficient (Wildman–Crippen LogP) is 2.96. The Morgan fingerprint density at radius 1 is 1.15 bits per heavy atom. The summed E-state index contributed by atoms with van der Waals surface area (Å²) in [7, 11) is 0. The molecule has 2 heterocycles. The number of rotatable bonds is 3. The second kappa shape index (κ2) is 5.30. The third-order valence-electron chi connectivity index (χ3n) is 2.75. The lowest BCUT2D eigenvalue weighted by atomic mass is 10.1. The summed E-state index contributed by atoms with van der Waals surface area (Å²) in [5.41, 5.74) is 8.00. The number of aromatic nitrogens is 3. The lowest BCUT2D eigenvalue weighted by Crippen LogP contribution is -1.91. The van der Waals surface area contributed by atoms with Crippen molar-refractivity contribution in [3.05, 3.63) is 59.1 Å². The Hall–Kier alpha value is -2.40. The van der Waals surface area contributed by atoms with E-state index in [4.69, 9.17) is 21.9 Å². The van der Waals surface area contributed by atoms with E-state index < -0.39 is 0 Å². The van der Waals surface area contributed by atoms with Crippen LogP contribution in [0.1, 0.15) is 11.4 Å². The number of anilines is 1. The summed E-state index contributed by atoms with van der Waals surface area (Å²) in [6.07, 6.45) is 3.78. The molecule has 0 aliphatic rings. The maximum Gasteiger partial charge on any atom is 0.259 e. The largest absolute Gasteiger partial charge is 0.397 e. The van der Waals surface area contributed by atoms with Crippen molar-refractivity contribution in [1.29, 1.82) is 0 Å². The summed E-state index contributed by atoms with van der Waals surface area (Å²) in [4.78, 5) is 8.33. The molecule has 0 spiro atoms. The van der Waals surface area contributed by atoms with Gasteiger partial charge in [0, 0.05) is 23.8 Å². The summed E-state index contributed by atoms with van der Waals surface area (Å²) in [6, 6.07) is 9.27. The molecule has 6 heteroatoms. The third-order valence-corrected chi connectivity index (χ3v) is 3.00. The quantitative estimate of drug-likeness (QED) is 0.801. The van der Waals surface area contributed by atoms with E-state index in [2.05, 4.69) is 15.1 Å². The fourth-order valence-corrected chi connectivity index (χ4v) is 1.93. The van der Waals surface area contributed by atoms with Crippen LogP contribution >= 0.6 is 11.6 Å². The SMILES string of the molecule is Nc1cncc(-c2nc(Cc3ccc(Cl)cc3)no2)c1. The predicted molar refractivity (Wildman–Crippen MR) is 76.2 cm³/mol. The summed E-state index contributed by atoms with van der Waals surface area (Å²) in [5.74, 6) is 1.01. The number of benzene rings is 1. The molecule has 0 unspecified atom stereocenters. The maximum absolute atomic E-state index is 5.85. The van der Waals surface area contributed by atoms with E-state index in [-0.39, 0.29) is 0 Å². The molecule has 20 heavy (non-hydrogen) atoms. The van der Waals surface area contributed by atoms with Gasteiger partial charge in [0.2, 0.25) is 0 Å². The van der Waals surface area contributed by atoms with Gasteiger partial charge in [-0.15, -0.1) is 0 Å². The van der Waals surface area contributed by atoms with Gasteiger partial charge in [-0.25, -0.2) is 0 Å². The summed E-state index contributed by atoms with van der Waals surface area (Å²) in [5, 5.41) is 4.65. The van der Waals surface area contributed by atoms with Crippen LogP contribution in [-0.4, -0.2) is 15.1 Å². The number of hydrogen-bond acceptors (Lipinski definition) is 5. The van der Waals surface area contributed by atoms with Gasteiger partial charge in [0.1, 0.15) is 0 Å². The normalized spacial score (nSPS) is 10.7. The molecule has 3 aromatic rings. The van der Waals surface area contributed by atoms with E-state index in [1.165, 1.54) is 0 Å². The number of nitrogen functional groups attached to an aromatic ring is 1. The molecule has 0 radical (unpaired) electrons. The molecule has 5 nitrogen and oxygen atoms in total. The van der Waals surface area contributed by atoms with Crippen LogP contribution in [0.25, 0.3) is 11.5 Å². The highest BCUT2D eigenvalue weighted by molar-refractivity contribution is 6.30. The topological polar surface area (TPSA) is 77.8 Å². The molecule has 100 valence electrons. The lowest BCUT2D eigenvalue weighted by molar-refractivity contribution is 0.424. The minimum absolute atomic E-state index is 0.411. The zero-order valence-electron chi connectivity index (χ0n) is 10.5. The molecule has 3 rings (SSSR count). The standard InChI is InChI=1S/C14H11ClN4O/c15-11-3-1-9(2-4-11)5-13-18-14(20-19-13)10-6-12(16)8-17-7-10/h1-4,6-8H,5,16H2. The van der Waals surface area contributed by atoms with Gasteiger partial charge in [0.15, 0.2) is 5.82 Å². The number of nitrogens with zero attached hydrogens (tertiary/aromatic N) is 3. The van der Waals surface area contributed by atoms with E-state index in [0.717, 1.165) is 5.56 Å². The van der Waals surface area contributed by atoms with Gasteiger partial charge in [0.05, 0.1) is 11.3 Å². The zero-order chi connectivity index (χ0) is 13.9. The van der Waals surface area contributed by atoms with E-state index in [9.17, 15) is 0 Å². The van der Waals surface area contributed by atoms with Crippen molar-refractivity contribution in [3.8, 4) is 11.5 Å². The Morgan fingerprint density at radius 2 is 1.95 bits per heavy atom. The van der Waals surface area contributed by atoms with E-state index >= 15 is 0 Å². The molecule has 0 saturated heterocycles. The minimum Gasteiger partial charge on any atom is -0.397 e. The molecule has 1 aromatic carbocycles. The van der Waals surface area contributed by atoms with Gasteiger partial charge >= 0.3 is 0 Å². The monoisotopic (exact) mass is 286 g/mol. The average molecular weight is 287 g/mol. The van der Waals surface area contributed by atoms with Crippen molar-refractivity contribution in [1.82, 2.24) is 15.1 Å². The van der Waals surface area contributed by atoms with Crippen molar-refractivity contribution < 1.29 is 4.52 Å². The van der Waals surface area contributed by atoms with Crippen molar-refractivity contribution in [2.24, 2.45) is 0 Å². The van der Waals surface area contributed by atoms with E-state index in [1.54, 1.807) is 18.5 Å². The van der Waals surface area contributed by atoms with E-state index in [1.807, 2.05) is 24.3 Å². The van der Waals surface area contributed by atoms with Crippen molar-refractivity contribution >= 4 is 17.3 Å². The first kappa shape index (κ1) is 12.6. The van der Waals surface area contributed by atoms with Gasteiger partial charge in [-0.3, -0.25) is 4.98 Å². The lowest BCUT2D eigenvalue weighted by Gasteiger charge is -1.96. The number of nitrogens with two attached hydrogens (primary N) is 1. The molecular formula is C14H11ClN4O. The van der Waals surface area contributed by atoms with Crippen LogP contribution < -0.4 is 5.73 Å². The number of hydrogen-bond donors (Lipinski definition) is 1. The molecule has 0 bridgehead atoms. The second-order valence-electron chi connectivity index (χ2n) is 4.33. The molecule has 0 aliphatic heterocycles. The smallest absolute Gasteiger partial charge is 0.259 e. The Labute approximate surface area is 120 Å². The first-order valence-corrected chi connectivity index (χ1v) is 6.36. The van der Waals surface area contributed by atoms with Crippen molar-refractivity contribution in [2.75, 3.05) is 5.73 Å². The van der Waals surface area contributed by atoms with Crippen molar-refractivity contribution in [2.45, 2.75) is 6.42 Å². The first-order valence-electron chi connectivity index (χ1n) is 5.98. The number of halogens is 1. The van der Waals surface area contributed by atoms with E-state index in [0.29, 0.717) is 34.4 Å². The van der Waals surface area contributed by atoms with Crippen LogP contribution in [0, 0.1) is 0 Å². The fraction of sp³-hybridized carbons (Fsp3) is 0.0714. The Bertz CT molecular complexity index is 724. The first-order chi connectivity index (χ1) is 9.70. The summed E-state index contributed by atoms with van der Waals surface area (Å²) < 4.78 is 5.22. The molecule has 0 amide bonds. The Balaban J connectivity index is 1.82. The van der Waals surface area contributed by atoms with Gasteiger partial charge in [-0.2, -0.15) is 4.98 Å². The van der Waals surface area contributed by atoms with Crippen LogP contribution in [0.4, 0.5) is 5.69 Å².